The highest BCUT2D eigenvalue weighted by Gasteiger charge is 2.34. The molecule has 0 saturated heterocycles. The fourth-order valence-corrected chi connectivity index (χ4v) is 2.98. The summed E-state index contributed by atoms with van der Waals surface area (Å²) < 4.78 is 9.94. The van der Waals surface area contributed by atoms with Crippen LogP contribution in [0, 0.1) is 5.92 Å². The fourth-order valence-electron chi connectivity index (χ4n) is 2.46. The van der Waals surface area contributed by atoms with Gasteiger partial charge in [-0.05, 0) is 24.5 Å². The second-order valence-electron chi connectivity index (χ2n) is 5.11. The van der Waals surface area contributed by atoms with Crippen LogP contribution in [0.5, 0.6) is 5.75 Å². The van der Waals surface area contributed by atoms with Crippen molar-refractivity contribution < 1.29 is 29.0 Å². The Kier molecular flexibility index (Phi) is 5.49. The lowest BCUT2D eigenvalue weighted by Crippen LogP contribution is -2.13. The van der Waals surface area contributed by atoms with Crippen molar-refractivity contribution in [2.75, 3.05) is 13.2 Å². The second kappa shape index (κ2) is 7.19. The molecule has 0 heterocycles. The Labute approximate surface area is 142 Å². The number of rotatable bonds is 6. The number of esters is 1. The molecule has 124 valence electrons. The van der Waals surface area contributed by atoms with Crippen LogP contribution >= 0.6 is 23.2 Å². The average Bonchev–Trinajstić information content (AvgIpc) is 2.77. The average molecular weight is 361 g/mol. The van der Waals surface area contributed by atoms with E-state index in [2.05, 4.69) is 0 Å². The van der Waals surface area contributed by atoms with E-state index in [-0.39, 0.29) is 34.1 Å². The van der Waals surface area contributed by atoms with E-state index in [0.717, 1.165) is 0 Å². The summed E-state index contributed by atoms with van der Waals surface area (Å²) in [6.45, 7) is 0.889. The lowest BCUT2D eigenvalue weighted by Gasteiger charge is -2.10. The maximum atomic E-state index is 12.4. The molecule has 6 nitrogen and oxygen atoms in total. The molecule has 1 aromatic carbocycles. The largest absolute Gasteiger partial charge is 0.480 e. The van der Waals surface area contributed by atoms with Gasteiger partial charge in [0.25, 0.3) is 0 Å². The quantitative estimate of drug-likeness (QED) is 0.784. The van der Waals surface area contributed by atoms with Crippen molar-refractivity contribution in [2.45, 2.75) is 19.8 Å². The second-order valence-corrected chi connectivity index (χ2v) is 5.87. The first-order valence-corrected chi connectivity index (χ1v) is 7.60. The summed E-state index contributed by atoms with van der Waals surface area (Å²) in [5, 5.41) is 8.73. The SMILES string of the molecule is CC(=O)OCCC1Cc2cc(OCC(=O)O)c(Cl)c(Cl)c2C1=O. The molecule has 0 spiro atoms. The Balaban J connectivity index is 2.19. The zero-order valence-corrected chi connectivity index (χ0v) is 13.7. The van der Waals surface area contributed by atoms with E-state index in [1.54, 1.807) is 0 Å². The van der Waals surface area contributed by atoms with Crippen molar-refractivity contribution in [3.63, 3.8) is 0 Å². The van der Waals surface area contributed by atoms with Crippen LogP contribution in [0.15, 0.2) is 6.07 Å². The number of carbonyl (C=O) groups excluding carboxylic acids is 2. The molecule has 1 aromatic rings. The molecule has 0 amide bonds. The third-order valence-corrected chi connectivity index (χ3v) is 4.31. The summed E-state index contributed by atoms with van der Waals surface area (Å²) in [5.41, 5.74) is 0.977. The molecule has 1 atom stereocenters. The Morgan fingerprint density at radius 2 is 2.04 bits per heavy atom. The maximum Gasteiger partial charge on any atom is 0.341 e. The van der Waals surface area contributed by atoms with Crippen molar-refractivity contribution >= 4 is 40.9 Å². The predicted molar refractivity (Wildman–Crippen MR) is 82.4 cm³/mol. The number of carboxylic acid groups (broad SMARTS) is 1. The molecule has 0 fully saturated rings. The number of ether oxygens (including phenoxy) is 2. The molecule has 1 unspecified atom stereocenters. The standard InChI is InChI=1S/C15H14Cl2O6/c1-7(18)22-3-2-8-4-9-5-10(23-6-11(19)20)13(16)14(17)12(9)15(8)21/h5,8H,2-4,6H2,1H3,(H,19,20). The van der Waals surface area contributed by atoms with Gasteiger partial charge in [0.05, 0.1) is 11.6 Å². The molecule has 23 heavy (non-hydrogen) atoms. The van der Waals surface area contributed by atoms with Crippen LogP contribution < -0.4 is 4.74 Å². The first-order valence-electron chi connectivity index (χ1n) is 6.84. The summed E-state index contributed by atoms with van der Waals surface area (Å²) in [6.07, 6.45) is 0.794. The number of hydrogen-bond donors (Lipinski definition) is 1. The van der Waals surface area contributed by atoms with E-state index >= 15 is 0 Å². The van der Waals surface area contributed by atoms with Gasteiger partial charge in [-0.25, -0.2) is 4.79 Å². The summed E-state index contributed by atoms with van der Waals surface area (Å²) in [7, 11) is 0. The number of Topliss-reactive ketones (excluding diaryl/α,β-unsaturated/α-hetero) is 1. The van der Waals surface area contributed by atoms with Crippen LogP contribution in [0.1, 0.15) is 29.3 Å². The molecule has 0 radical (unpaired) electrons. The van der Waals surface area contributed by atoms with Gasteiger partial charge in [0.2, 0.25) is 0 Å². The molecule has 2 rings (SSSR count). The molecule has 1 N–H and O–H groups in total. The van der Waals surface area contributed by atoms with E-state index in [0.29, 0.717) is 24.0 Å². The first kappa shape index (κ1) is 17.6. The number of aliphatic carboxylic acids is 1. The van der Waals surface area contributed by atoms with E-state index in [1.165, 1.54) is 13.0 Å². The summed E-state index contributed by atoms with van der Waals surface area (Å²) >= 11 is 12.2. The minimum atomic E-state index is -1.15. The van der Waals surface area contributed by atoms with Gasteiger partial charge in [0, 0.05) is 18.4 Å². The van der Waals surface area contributed by atoms with Gasteiger partial charge in [-0.2, -0.15) is 0 Å². The minimum absolute atomic E-state index is 0.0145. The van der Waals surface area contributed by atoms with E-state index in [1.807, 2.05) is 0 Å². The molecule has 0 aromatic heterocycles. The number of ketones is 1. The molecule has 8 heteroatoms. The topological polar surface area (TPSA) is 89.9 Å². The lowest BCUT2D eigenvalue weighted by atomic mass is 10.0. The van der Waals surface area contributed by atoms with Crippen LogP contribution in [-0.2, 0) is 20.7 Å². The van der Waals surface area contributed by atoms with E-state index in [9.17, 15) is 14.4 Å². The highest BCUT2D eigenvalue weighted by molar-refractivity contribution is 6.45. The Morgan fingerprint density at radius 1 is 1.35 bits per heavy atom. The van der Waals surface area contributed by atoms with Gasteiger partial charge in [-0.3, -0.25) is 9.59 Å². The number of carbonyl (C=O) groups is 3. The third kappa shape index (κ3) is 3.95. The van der Waals surface area contributed by atoms with Crippen LogP contribution in [0.3, 0.4) is 0 Å². The van der Waals surface area contributed by atoms with Crippen molar-refractivity contribution in [3.8, 4) is 5.75 Å². The summed E-state index contributed by atoms with van der Waals surface area (Å²) in [5.74, 6) is -1.94. The highest BCUT2D eigenvalue weighted by atomic mass is 35.5. The van der Waals surface area contributed by atoms with Gasteiger partial charge in [-0.15, -0.1) is 0 Å². The Hall–Kier alpha value is -1.79. The molecule has 0 aliphatic heterocycles. The number of hydrogen-bond acceptors (Lipinski definition) is 5. The van der Waals surface area contributed by atoms with Crippen LogP contribution in [0.4, 0.5) is 0 Å². The van der Waals surface area contributed by atoms with Gasteiger partial charge in [-0.1, -0.05) is 23.2 Å². The van der Waals surface area contributed by atoms with Crippen molar-refractivity contribution in [3.05, 3.63) is 27.2 Å². The van der Waals surface area contributed by atoms with Gasteiger partial charge in [0.1, 0.15) is 10.8 Å². The van der Waals surface area contributed by atoms with Crippen molar-refractivity contribution in [1.82, 2.24) is 0 Å². The Morgan fingerprint density at radius 3 is 2.65 bits per heavy atom. The molecule has 0 saturated carbocycles. The smallest absolute Gasteiger partial charge is 0.341 e. The number of benzene rings is 1. The minimum Gasteiger partial charge on any atom is -0.480 e. The lowest BCUT2D eigenvalue weighted by molar-refractivity contribution is -0.141. The molecule has 1 aliphatic rings. The number of carboxylic acids is 1. The third-order valence-electron chi connectivity index (χ3n) is 3.46. The van der Waals surface area contributed by atoms with Crippen LogP contribution in [0.25, 0.3) is 0 Å². The Bertz CT molecular complexity index is 670. The van der Waals surface area contributed by atoms with E-state index < -0.39 is 18.5 Å². The number of halogens is 2. The predicted octanol–water partition coefficient (Wildman–Crippen LogP) is 2.77. The molecular formula is C15H14Cl2O6. The highest BCUT2D eigenvalue weighted by Crippen LogP contribution is 2.42. The number of fused-ring (bicyclic) bond motifs is 1. The van der Waals surface area contributed by atoms with Crippen molar-refractivity contribution in [1.29, 1.82) is 0 Å². The molecule has 0 bridgehead atoms. The van der Waals surface area contributed by atoms with Crippen LogP contribution in [-0.4, -0.2) is 36.0 Å². The van der Waals surface area contributed by atoms with E-state index in [4.69, 9.17) is 37.8 Å². The normalized spacial score (nSPS) is 16.1. The monoisotopic (exact) mass is 360 g/mol. The molecular weight excluding hydrogens is 347 g/mol. The zero-order valence-electron chi connectivity index (χ0n) is 12.2. The zero-order chi connectivity index (χ0) is 17.1. The van der Waals surface area contributed by atoms with Crippen LogP contribution in [0.2, 0.25) is 10.0 Å². The maximum absolute atomic E-state index is 12.4. The fraction of sp³-hybridized carbons (Fsp3) is 0.400. The van der Waals surface area contributed by atoms with Gasteiger partial charge in [0.15, 0.2) is 12.4 Å². The summed E-state index contributed by atoms with van der Waals surface area (Å²) in [6, 6.07) is 1.54. The first-order chi connectivity index (χ1) is 10.8. The van der Waals surface area contributed by atoms with Crippen molar-refractivity contribution in [2.24, 2.45) is 5.92 Å². The van der Waals surface area contributed by atoms with Gasteiger partial charge < -0.3 is 14.6 Å². The summed E-state index contributed by atoms with van der Waals surface area (Å²) in [4.78, 5) is 33.8. The van der Waals surface area contributed by atoms with Gasteiger partial charge >= 0.3 is 11.9 Å². The molecule has 1 aliphatic carbocycles.